The third kappa shape index (κ3) is 3.75. The lowest BCUT2D eigenvalue weighted by molar-refractivity contribution is -0.137. The molecule has 0 N–H and O–H groups in total. The van der Waals surface area contributed by atoms with Gasteiger partial charge in [-0.25, -0.2) is 4.39 Å². The van der Waals surface area contributed by atoms with Crippen molar-refractivity contribution < 1.29 is 27.1 Å². The number of alkyl halides is 3. The average molecular weight is 353 g/mol. The predicted molar refractivity (Wildman–Crippen MR) is 82.9 cm³/mol. The summed E-state index contributed by atoms with van der Waals surface area (Å²) in [5, 5.41) is 0. The van der Waals surface area contributed by atoms with E-state index in [1.54, 1.807) is 6.92 Å². The lowest BCUT2D eigenvalue weighted by Gasteiger charge is -2.39. The molecule has 132 valence electrons. The number of hydrogen-bond donors (Lipinski definition) is 0. The summed E-state index contributed by atoms with van der Waals surface area (Å²) in [6.07, 6.45) is -4.76. The highest BCUT2D eigenvalue weighted by molar-refractivity contribution is 5.96. The van der Waals surface area contributed by atoms with Gasteiger partial charge in [0.15, 0.2) is 0 Å². The van der Waals surface area contributed by atoms with Crippen molar-refractivity contribution in [2.75, 3.05) is 13.1 Å². The molecule has 0 aromatic heterocycles. The molecule has 0 aliphatic carbocycles. The van der Waals surface area contributed by atoms with Crippen molar-refractivity contribution in [3.63, 3.8) is 0 Å². The van der Waals surface area contributed by atoms with E-state index in [1.807, 2.05) is 0 Å². The number of ether oxygens (including phenoxy) is 1. The summed E-state index contributed by atoms with van der Waals surface area (Å²) >= 11 is 0. The minimum Gasteiger partial charge on any atom is -0.487 e. The Kier molecular flexibility index (Phi) is 4.41. The first kappa shape index (κ1) is 17.3. The molecule has 1 aliphatic heterocycles. The zero-order valence-electron chi connectivity index (χ0n) is 13.3. The SMILES string of the molecule is Cc1ccc(C(F)(F)F)cc1C(=O)N1CC(Oc2ccc(F)cc2)C1. The van der Waals surface area contributed by atoms with Crippen LogP contribution in [0, 0.1) is 12.7 Å². The fraction of sp³-hybridized carbons (Fsp3) is 0.278. The summed E-state index contributed by atoms with van der Waals surface area (Å²) < 4.78 is 56.9. The maximum atomic E-state index is 12.8. The van der Waals surface area contributed by atoms with Crippen molar-refractivity contribution in [1.29, 1.82) is 0 Å². The number of rotatable bonds is 3. The highest BCUT2D eigenvalue weighted by atomic mass is 19.4. The fourth-order valence-electron chi connectivity index (χ4n) is 2.58. The molecule has 3 nitrogen and oxygen atoms in total. The Morgan fingerprint density at radius 2 is 1.76 bits per heavy atom. The van der Waals surface area contributed by atoms with Crippen LogP contribution < -0.4 is 4.74 Å². The molecule has 0 radical (unpaired) electrons. The van der Waals surface area contributed by atoms with E-state index >= 15 is 0 Å². The van der Waals surface area contributed by atoms with E-state index in [2.05, 4.69) is 0 Å². The number of likely N-dealkylation sites (tertiary alicyclic amines) is 1. The Balaban J connectivity index is 1.65. The lowest BCUT2D eigenvalue weighted by Crippen LogP contribution is -2.56. The average Bonchev–Trinajstić information content (AvgIpc) is 2.51. The van der Waals surface area contributed by atoms with E-state index in [-0.39, 0.29) is 30.6 Å². The maximum absolute atomic E-state index is 12.8. The van der Waals surface area contributed by atoms with E-state index < -0.39 is 17.6 Å². The minimum absolute atomic E-state index is 0.0371. The van der Waals surface area contributed by atoms with Crippen molar-refractivity contribution in [3.8, 4) is 5.75 Å². The maximum Gasteiger partial charge on any atom is 0.416 e. The fourth-order valence-corrected chi connectivity index (χ4v) is 2.58. The number of benzene rings is 2. The minimum atomic E-state index is -4.49. The van der Waals surface area contributed by atoms with Crippen LogP contribution in [0.1, 0.15) is 21.5 Å². The third-order valence-electron chi connectivity index (χ3n) is 4.05. The molecule has 7 heteroatoms. The van der Waals surface area contributed by atoms with Crippen LogP contribution in [0.15, 0.2) is 42.5 Å². The van der Waals surface area contributed by atoms with Gasteiger partial charge in [-0.3, -0.25) is 4.79 Å². The summed E-state index contributed by atoms with van der Waals surface area (Å²) in [4.78, 5) is 13.9. The van der Waals surface area contributed by atoms with Crippen LogP contribution in [0.2, 0.25) is 0 Å². The van der Waals surface area contributed by atoms with Crippen molar-refractivity contribution in [2.45, 2.75) is 19.2 Å². The van der Waals surface area contributed by atoms with Gasteiger partial charge < -0.3 is 9.64 Å². The van der Waals surface area contributed by atoms with Crippen LogP contribution >= 0.6 is 0 Å². The molecule has 3 rings (SSSR count). The van der Waals surface area contributed by atoms with E-state index in [0.29, 0.717) is 11.3 Å². The second-order valence-corrected chi connectivity index (χ2v) is 5.93. The Morgan fingerprint density at radius 1 is 1.12 bits per heavy atom. The molecule has 0 bridgehead atoms. The van der Waals surface area contributed by atoms with Gasteiger partial charge >= 0.3 is 6.18 Å². The molecule has 25 heavy (non-hydrogen) atoms. The predicted octanol–water partition coefficient (Wildman–Crippen LogP) is 4.06. The Labute approximate surface area is 141 Å². The molecular weight excluding hydrogens is 338 g/mol. The smallest absolute Gasteiger partial charge is 0.416 e. The zero-order chi connectivity index (χ0) is 18.2. The topological polar surface area (TPSA) is 29.5 Å². The molecule has 1 heterocycles. The van der Waals surface area contributed by atoms with Crippen LogP contribution in [-0.4, -0.2) is 30.0 Å². The first-order valence-corrected chi connectivity index (χ1v) is 7.63. The number of hydrogen-bond acceptors (Lipinski definition) is 2. The Morgan fingerprint density at radius 3 is 2.36 bits per heavy atom. The summed E-state index contributed by atoms with van der Waals surface area (Å²) in [6, 6.07) is 8.64. The summed E-state index contributed by atoms with van der Waals surface area (Å²) in [7, 11) is 0. The van der Waals surface area contributed by atoms with Crippen LogP contribution in [0.5, 0.6) is 5.75 Å². The number of carbonyl (C=O) groups excluding carboxylic acids is 1. The van der Waals surface area contributed by atoms with E-state index in [0.717, 1.165) is 12.1 Å². The van der Waals surface area contributed by atoms with Gasteiger partial charge in [0.2, 0.25) is 0 Å². The molecule has 0 unspecified atom stereocenters. The number of halogens is 4. The van der Waals surface area contributed by atoms with Gasteiger partial charge in [-0.1, -0.05) is 6.07 Å². The second kappa shape index (κ2) is 6.38. The van der Waals surface area contributed by atoms with Crippen LogP contribution in [0.3, 0.4) is 0 Å². The van der Waals surface area contributed by atoms with Crippen LogP contribution in [0.4, 0.5) is 17.6 Å². The van der Waals surface area contributed by atoms with Crippen molar-refractivity contribution in [1.82, 2.24) is 4.90 Å². The monoisotopic (exact) mass is 353 g/mol. The second-order valence-electron chi connectivity index (χ2n) is 5.93. The lowest BCUT2D eigenvalue weighted by atomic mass is 10.0. The van der Waals surface area contributed by atoms with Gasteiger partial charge in [0, 0.05) is 5.56 Å². The molecule has 1 fully saturated rings. The first-order chi connectivity index (χ1) is 11.7. The molecule has 1 aliphatic rings. The van der Waals surface area contributed by atoms with Crippen molar-refractivity contribution in [2.24, 2.45) is 0 Å². The highest BCUT2D eigenvalue weighted by Crippen LogP contribution is 2.31. The molecule has 2 aromatic carbocycles. The van der Waals surface area contributed by atoms with Crippen LogP contribution in [-0.2, 0) is 6.18 Å². The first-order valence-electron chi connectivity index (χ1n) is 7.63. The largest absolute Gasteiger partial charge is 0.487 e. The number of nitrogens with zero attached hydrogens (tertiary/aromatic N) is 1. The zero-order valence-corrected chi connectivity index (χ0v) is 13.3. The van der Waals surface area contributed by atoms with Crippen LogP contribution in [0.25, 0.3) is 0 Å². The van der Waals surface area contributed by atoms with E-state index in [4.69, 9.17) is 4.74 Å². The summed E-state index contributed by atoms with van der Waals surface area (Å²) in [6.45, 7) is 2.14. The standard InChI is InChI=1S/C18H15F4NO2/c1-11-2-3-12(18(20,21)22)8-16(11)17(24)23-9-15(10-23)25-14-6-4-13(19)5-7-14/h2-8,15H,9-10H2,1H3. The molecular formula is C18H15F4NO2. The summed E-state index contributed by atoms with van der Waals surface area (Å²) in [5.41, 5.74) is -0.322. The quantitative estimate of drug-likeness (QED) is 0.779. The van der Waals surface area contributed by atoms with E-state index in [1.165, 1.54) is 35.2 Å². The molecule has 0 saturated carbocycles. The van der Waals surface area contributed by atoms with Crippen molar-refractivity contribution >= 4 is 5.91 Å². The number of carbonyl (C=O) groups is 1. The highest BCUT2D eigenvalue weighted by Gasteiger charge is 2.35. The number of amides is 1. The van der Waals surface area contributed by atoms with Gasteiger partial charge in [0.25, 0.3) is 5.91 Å². The van der Waals surface area contributed by atoms with Gasteiger partial charge in [-0.05, 0) is 48.9 Å². The molecule has 0 atom stereocenters. The molecule has 2 aromatic rings. The van der Waals surface area contributed by atoms with E-state index in [9.17, 15) is 22.4 Å². The normalized spacial score (nSPS) is 15.0. The molecule has 1 saturated heterocycles. The number of aryl methyl sites for hydroxylation is 1. The Bertz CT molecular complexity index is 781. The van der Waals surface area contributed by atoms with Crippen molar-refractivity contribution in [3.05, 3.63) is 65.0 Å². The molecule has 0 spiro atoms. The van der Waals surface area contributed by atoms with Gasteiger partial charge in [-0.2, -0.15) is 13.2 Å². The Hall–Kier alpha value is -2.57. The van der Waals surface area contributed by atoms with Gasteiger partial charge in [0.05, 0.1) is 18.7 Å². The summed E-state index contributed by atoms with van der Waals surface area (Å²) in [5.74, 6) is -0.353. The van der Waals surface area contributed by atoms with Gasteiger partial charge in [0.1, 0.15) is 17.7 Å². The molecule has 1 amide bonds. The van der Waals surface area contributed by atoms with Gasteiger partial charge in [-0.15, -0.1) is 0 Å². The third-order valence-corrected chi connectivity index (χ3v) is 4.05.